The molecule has 0 spiro atoms. The first kappa shape index (κ1) is 9.28. The van der Waals surface area contributed by atoms with Crippen molar-refractivity contribution in [3.8, 4) is 0 Å². The molecule has 0 bridgehead atoms. The van der Waals surface area contributed by atoms with Gasteiger partial charge >= 0.3 is 0 Å². The Labute approximate surface area is 93.7 Å². The Kier molecular flexibility index (Phi) is 1.75. The van der Waals surface area contributed by atoms with Crippen LogP contribution < -0.4 is 0 Å². The second kappa shape index (κ2) is 3.01. The van der Waals surface area contributed by atoms with Crippen LogP contribution in [0.5, 0.6) is 0 Å². The third-order valence-corrected chi connectivity index (χ3v) is 3.05. The smallest absolute Gasteiger partial charge is 0.0879 e. The van der Waals surface area contributed by atoms with E-state index in [9.17, 15) is 5.21 Å². The van der Waals surface area contributed by atoms with Crippen molar-refractivity contribution in [1.82, 2.24) is 4.73 Å². The van der Waals surface area contributed by atoms with Gasteiger partial charge in [-0.3, -0.25) is 0 Å². The molecule has 2 nitrogen and oxygen atoms in total. The first-order chi connectivity index (χ1) is 7.66. The molecule has 80 valence electrons. The van der Waals surface area contributed by atoms with Crippen LogP contribution in [-0.2, 0) is 0 Å². The zero-order valence-electron chi connectivity index (χ0n) is 9.36. The van der Waals surface area contributed by atoms with Gasteiger partial charge in [-0.05, 0) is 38.1 Å². The maximum atomic E-state index is 10.0. The molecule has 2 heteroatoms. The lowest BCUT2D eigenvalue weighted by atomic mass is 10.1. The van der Waals surface area contributed by atoms with E-state index >= 15 is 0 Å². The van der Waals surface area contributed by atoms with E-state index in [2.05, 4.69) is 26.0 Å². The number of nitrogens with zero attached hydrogens (tertiary/aromatic N) is 1. The van der Waals surface area contributed by atoms with Crippen LogP contribution in [0.1, 0.15) is 11.1 Å². The minimum atomic E-state index is 0.867. The summed E-state index contributed by atoms with van der Waals surface area (Å²) in [6.07, 6.45) is 0. The number of rotatable bonds is 0. The summed E-state index contributed by atoms with van der Waals surface area (Å²) in [6, 6.07) is 12.2. The Balaban J connectivity index is 2.60. The predicted octanol–water partition coefficient (Wildman–Crippen LogP) is 3.65. The number of hydrogen-bond donors (Lipinski definition) is 1. The minimum absolute atomic E-state index is 0.867. The van der Waals surface area contributed by atoms with Gasteiger partial charge in [-0.15, -0.1) is 0 Å². The molecule has 1 aromatic heterocycles. The number of aryl methyl sites for hydroxylation is 2. The highest BCUT2D eigenvalue weighted by Gasteiger charge is 2.09. The van der Waals surface area contributed by atoms with Gasteiger partial charge in [-0.2, -0.15) is 4.73 Å². The van der Waals surface area contributed by atoms with Gasteiger partial charge < -0.3 is 5.21 Å². The van der Waals surface area contributed by atoms with Crippen molar-refractivity contribution in [1.29, 1.82) is 0 Å². The molecular formula is C14H13NO. The molecule has 0 aliphatic carbocycles. The number of aromatic nitrogens is 1. The van der Waals surface area contributed by atoms with E-state index in [4.69, 9.17) is 0 Å². The average Bonchev–Trinajstić information content (AvgIpc) is 2.52. The van der Waals surface area contributed by atoms with Crippen LogP contribution in [0.15, 0.2) is 36.4 Å². The molecule has 0 saturated heterocycles. The van der Waals surface area contributed by atoms with Gasteiger partial charge in [0.1, 0.15) is 0 Å². The fourth-order valence-corrected chi connectivity index (χ4v) is 2.23. The summed E-state index contributed by atoms with van der Waals surface area (Å²) in [6.45, 7) is 4.13. The summed E-state index contributed by atoms with van der Waals surface area (Å²) in [4.78, 5) is 0. The summed E-state index contributed by atoms with van der Waals surface area (Å²) >= 11 is 0. The molecule has 0 atom stereocenters. The van der Waals surface area contributed by atoms with Crippen molar-refractivity contribution < 1.29 is 5.21 Å². The number of benzene rings is 2. The van der Waals surface area contributed by atoms with Crippen molar-refractivity contribution in [2.45, 2.75) is 13.8 Å². The van der Waals surface area contributed by atoms with Crippen LogP contribution in [0, 0.1) is 13.8 Å². The van der Waals surface area contributed by atoms with E-state index in [0.29, 0.717) is 0 Å². The lowest BCUT2D eigenvalue weighted by molar-refractivity contribution is 0.213. The second-order valence-corrected chi connectivity index (χ2v) is 4.35. The molecule has 3 rings (SSSR count). The van der Waals surface area contributed by atoms with Crippen molar-refractivity contribution in [3.05, 3.63) is 47.5 Å². The lowest BCUT2D eigenvalue weighted by Gasteiger charge is -1.96. The molecular weight excluding hydrogens is 198 g/mol. The van der Waals surface area contributed by atoms with Crippen LogP contribution in [-0.4, -0.2) is 9.94 Å². The molecule has 16 heavy (non-hydrogen) atoms. The van der Waals surface area contributed by atoms with Crippen LogP contribution in [0.2, 0.25) is 0 Å². The Morgan fingerprint density at radius 1 is 0.812 bits per heavy atom. The monoisotopic (exact) mass is 211 g/mol. The molecule has 0 fully saturated rings. The predicted molar refractivity (Wildman–Crippen MR) is 66.1 cm³/mol. The summed E-state index contributed by atoms with van der Waals surface area (Å²) < 4.78 is 1.27. The van der Waals surface area contributed by atoms with Gasteiger partial charge in [0, 0.05) is 10.8 Å². The quantitative estimate of drug-likeness (QED) is 0.564. The van der Waals surface area contributed by atoms with Crippen molar-refractivity contribution in [2.24, 2.45) is 0 Å². The second-order valence-electron chi connectivity index (χ2n) is 4.35. The van der Waals surface area contributed by atoms with Crippen molar-refractivity contribution >= 4 is 21.8 Å². The molecule has 1 N–H and O–H groups in total. The number of fused-ring (bicyclic) bond motifs is 3. The third-order valence-electron chi connectivity index (χ3n) is 3.05. The summed E-state index contributed by atoms with van der Waals surface area (Å²) in [5.41, 5.74) is 4.15. The minimum Gasteiger partial charge on any atom is -0.428 e. The van der Waals surface area contributed by atoms with Gasteiger partial charge in [-0.25, -0.2) is 0 Å². The van der Waals surface area contributed by atoms with Crippen LogP contribution in [0.25, 0.3) is 21.8 Å². The highest BCUT2D eigenvalue weighted by atomic mass is 16.5. The van der Waals surface area contributed by atoms with E-state index < -0.39 is 0 Å². The largest absolute Gasteiger partial charge is 0.428 e. The first-order valence-electron chi connectivity index (χ1n) is 5.37. The van der Waals surface area contributed by atoms with E-state index in [0.717, 1.165) is 21.8 Å². The molecule has 0 unspecified atom stereocenters. The standard InChI is InChI=1S/C14H13NO/c1-9-3-5-13-11(7-9)12-8-10(2)4-6-14(12)15(13)16/h3-8,16H,1-2H3. The molecule has 3 aromatic rings. The SMILES string of the molecule is Cc1ccc2c(c1)c1cc(C)ccc1n2O. The normalized spacial score (nSPS) is 11.4. The summed E-state index contributed by atoms with van der Waals surface area (Å²) in [5.74, 6) is 0. The molecule has 0 aliphatic heterocycles. The first-order valence-corrected chi connectivity index (χ1v) is 5.37. The fraction of sp³-hybridized carbons (Fsp3) is 0.143. The van der Waals surface area contributed by atoms with Gasteiger partial charge in [0.25, 0.3) is 0 Å². The van der Waals surface area contributed by atoms with Crippen LogP contribution >= 0.6 is 0 Å². The van der Waals surface area contributed by atoms with Crippen LogP contribution in [0.4, 0.5) is 0 Å². The Morgan fingerprint density at radius 3 is 1.69 bits per heavy atom. The molecule has 1 heterocycles. The maximum absolute atomic E-state index is 10.0. The van der Waals surface area contributed by atoms with Gasteiger partial charge in [0.15, 0.2) is 0 Å². The lowest BCUT2D eigenvalue weighted by Crippen LogP contribution is -1.88. The molecule has 0 amide bonds. The molecule has 0 aliphatic rings. The zero-order valence-corrected chi connectivity index (χ0v) is 9.36. The van der Waals surface area contributed by atoms with Crippen LogP contribution in [0.3, 0.4) is 0 Å². The molecule has 2 aromatic carbocycles. The Bertz CT molecular complexity index is 635. The van der Waals surface area contributed by atoms with E-state index in [1.807, 2.05) is 24.3 Å². The Hall–Kier alpha value is -1.96. The van der Waals surface area contributed by atoms with Gasteiger partial charge in [-0.1, -0.05) is 23.3 Å². The zero-order chi connectivity index (χ0) is 11.3. The molecule has 0 radical (unpaired) electrons. The van der Waals surface area contributed by atoms with E-state index in [1.165, 1.54) is 15.9 Å². The van der Waals surface area contributed by atoms with E-state index in [-0.39, 0.29) is 0 Å². The Morgan fingerprint density at radius 2 is 1.25 bits per heavy atom. The average molecular weight is 211 g/mol. The maximum Gasteiger partial charge on any atom is 0.0879 e. The topological polar surface area (TPSA) is 25.2 Å². The summed E-state index contributed by atoms with van der Waals surface area (Å²) in [7, 11) is 0. The molecule has 0 saturated carbocycles. The fourth-order valence-electron chi connectivity index (χ4n) is 2.23. The highest BCUT2D eigenvalue weighted by Crippen LogP contribution is 2.29. The van der Waals surface area contributed by atoms with Crippen molar-refractivity contribution in [2.75, 3.05) is 0 Å². The van der Waals surface area contributed by atoms with Gasteiger partial charge in [0.2, 0.25) is 0 Å². The summed E-state index contributed by atoms with van der Waals surface area (Å²) in [5, 5.41) is 12.3. The van der Waals surface area contributed by atoms with E-state index in [1.54, 1.807) is 0 Å². The third kappa shape index (κ3) is 1.13. The van der Waals surface area contributed by atoms with Crippen molar-refractivity contribution in [3.63, 3.8) is 0 Å². The van der Waals surface area contributed by atoms with Gasteiger partial charge in [0.05, 0.1) is 11.0 Å². The number of hydrogen-bond acceptors (Lipinski definition) is 1. The highest BCUT2D eigenvalue weighted by molar-refractivity contribution is 6.08.